The zero-order chi connectivity index (χ0) is 26.0. The molecule has 2 heterocycles. The molecule has 3 N–H and O–H groups in total. The molecule has 9 nitrogen and oxygen atoms in total. The number of hydrogen-bond acceptors (Lipinski definition) is 8. The number of anilines is 1. The summed E-state index contributed by atoms with van der Waals surface area (Å²) in [5.41, 5.74) is 4.54. The highest BCUT2D eigenvalue weighted by Gasteiger charge is 2.32. The van der Waals surface area contributed by atoms with E-state index in [0.717, 1.165) is 80.0 Å². The van der Waals surface area contributed by atoms with E-state index < -0.39 is 5.60 Å². The molecule has 0 unspecified atom stereocenters. The maximum Gasteiger partial charge on any atom is 0.407 e. The molecule has 0 atom stereocenters. The Balaban J connectivity index is 1.22. The highest BCUT2D eigenvalue weighted by molar-refractivity contribution is 6.23. The lowest BCUT2D eigenvalue weighted by molar-refractivity contribution is 0.0505. The molecule has 37 heavy (non-hydrogen) atoms. The van der Waals surface area contributed by atoms with Crippen LogP contribution in [0.3, 0.4) is 0 Å². The van der Waals surface area contributed by atoms with Crippen LogP contribution in [0.2, 0.25) is 0 Å². The molecule has 2 aromatic rings. The molecule has 3 fully saturated rings. The van der Waals surface area contributed by atoms with E-state index in [1.54, 1.807) is 6.20 Å². The molecule has 3 aliphatic rings. The summed E-state index contributed by atoms with van der Waals surface area (Å²) in [5, 5.41) is 15.1. The minimum Gasteiger partial charge on any atom is -0.444 e. The fourth-order valence-corrected chi connectivity index (χ4v) is 4.81. The molecule has 0 radical (unpaired) electrons. The number of amides is 1. The van der Waals surface area contributed by atoms with Crippen molar-refractivity contribution < 1.29 is 14.3 Å². The average Bonchev–Trinajstić information content (AvgIpc) is 3.69. The summed E-state index contributed by atoms with van der Waals surface area (Å²) < 4.78 is 10.8. The summed E-state index contributed by atoms with van der Waals surface area (Å²) in [5.74, 6) is 0.729. The monoisotopic (exact) mass is 506 g/mol. The second kappa shape index (κ2) is 10.7. The number of allylic oxidation sites excluding steroid dienone is 1. The molecule has 1 aromatic carbocycles. The van der Waals surface area contributed by atoms with E-state index in [4.69, 9.17) is 24.9 Å². The number of carbonyl (C=O) groups is 1. The molecule has 9 heteroatoms. The lowest BCUT2D eigenvalue weighted by Crippen LogP contribution is -2.45. The van der Waals surface area contributed by atoms with E-state index in [1.165, 1.54) is 0 Å². The predicted octanol–water partition coefficient (Wildman–Crippen LogP) is 4.13. The van der Waals surface area contributed by atoms with Gasteiger partial charge in [-0.05, 0) is 70.6 Å². The average molecular weight is 507 g/mol. The minimum atomic E-state index is -0.488. The normalized spacial score (nSPS) is 22.4. The quantitative estimate of drug-likeness (QED) is 0.462. The molecule has 0 spiro atoms. The van der Waals surface area contributed by atoms with Crippen LogP contribution in [-0.4, -0.2) is 66.3 Å². The predicted molar refractivity (Wildman–Crippen MR) is 145 cm³/mol. The number of hydrogen-bond donors (Lipinski definition) is 3. The Morgan fingerprint density at radius 2 is 1.97 bits per heavy atom. The third kappa shape index (κ3) is 6.57. The van der Waals surface area contributed by atoms with Crippen molar-refractivity contribution in [3.63, 3.8) is 0 Å². The molecule has 5 rings (SSSR count). The highest BCUT2D eigenvalue weighted by atomic mass is 16.6. The van der Waals surface area contributed by atoms with Crippen LogP contribution in [0.1, 0.15) is 52.1 Å². The van der Waals surface area contributed by atoms with Crippen molar-refractivity contribution in [2.24, 2.45) is 11.8 Å². The van der Waals surface area contributed by atoms with Gasteiger partial charge in [0.15, 0.2) is 0 Å². The Morgan fingerprint density at radius 1 is 1.22 bits per heavy atom. The summed E-state index contributed by atoms with van der Waals surface area (Å²) >= 11 is 0. The van der Waals surface area contributed by atoms with Gasteiger partial charge in [0.05, 0.1) is 36.1 Å². The number of nitrogens with one attached hydrogen (secondary N) is 3. The molecule has 2 aliphatic carbocycles. The number of ether oxygens (including phenoxy) is 2. The first-order chi connectivity index (χ1) is 17.7. The molecule has 1 amide bonds. The number of benzene rings is 1. The van der Waals surface area contributed by atoms with Crippen LogP contribution < -0.4 is 15.5 Å². The molecule has 1 aliphatic heterocycles. The van der Waals surface area contributed by atoms with Gasteiger partial charge in [0, 0.05) is 54.8 Å². The molecule has 0 bridgehead atoms. The lowest BCUT2D eigenvalue weighted by atomic mass is 9.80. The number of alkyl carbamates (subject to hydrolysis) is 1. The van der Waals surface area contributed by atoms with E-state index >= 15 is 0 Å². The summed E-state index contributed by atoms with van der Waals surface area (Å²) in [6.07, 6.45) is 7.43. The Bertz CT molecular complexity index is 1170. The first-order valence-corrected chi connectivity index (χ1v) is 13.4. The van der Waals surface area contributed by atoms with Gasteiger partial charge in [0.2, 0.25) is 0 Å². The minimum absolute atomic E-state index is 0.307. The summed E-state index contributed by atoms with van der Waals surface area (Å²) in [4.78, 5) is 23.8. The highest BCUT2D eigenvalue weighted by Crippen LogP contribution is 2.35. The topological polar surface area (TPSA) is 112 Å². The van der Waals surface area contributed by atoms with E-state index in [1.807, 2.05) is 33.0 Å². The van der Waals surface area contributed by atoms with Crippen molar-refractivity contribution in [1.29, 1.82) is 5.41 Å². The van der Waals surface area contributed by atoms with Crippen LogP contribution >= 0.6 is 0 Å². The Hall–Kier alpha value is -3.20. The smallest absolute Gasteiger partial charge is 0.407 e. The van der Waals surface area contributed by atoms with Gasteiger partial charge in [-0.1, -0.05) is 0 Å². The number of aromatic nitrogens is 2. The standard InChI is InChI=1S/C28H38N6O3/c1-28(2,3)37-27(35)32-15-18-12-20(13-18)30-16-22(26(29)19-4-5-19)25-17-31-24-14-21(6-7-23(24)33-25)34-8-10-36-11-9-34/h6-7,14,16-20,29-30H,4-5,8-13,15H2,1-3H3,(H,32,35)/b22-16-,29-26?. The fraction of sp³-hybridized carbons (Fsp3) is 0.571. The van der Waals surface area contributed by atoms with Gasteiger partial charge in [0.25, 0.3) is 0 Å². The van der Waals surface area contributed by atoms with E-state index in [0.29, 0.717) is 30.1 Å². The van der Waals surface area contributed by atoms with Crippen molar-refractivity contribution in [2.45, 2.75) is 58.1 Å². The van der Waals surface area contributed by atoms with Gasteiger partial charge in [0.1, 0.15) is 5.60 Å². The third-order valence-electron chi connectivity index (χ3n) is 7.09. The lowest BCUT2D eigenvalue weighted by Gasteiger charge is -2.36. The van der Waals surface area contributed by atoms with Crippen LogP contribution in [0.15, 0.2) is 30.6 Å². The van der Waals surface area contributed by atoms with Gasteiger partial charge in [-0.3, -0.25) is 4.98 Å². The first-order valence-electron chi connectivity index (χ1n) is 13.4. The number of nitrogens with zero attached hydrogens (tertiary/aromatic N) is 3. The van der Waals surface area contributed by atoms with Gasteiger partial charge < -0.3 is 30.4 Å². The molecule has 198 valence electrons. The van der Waals surface area contributed by atoms with Crippen molar-refractivity contribution in [3.8, 4) is 0 Å². The van der Waals surface area contributed by atoms with Crippen LogP contribution in [0.5, 0.6) is 0 Å². The second-order valence-electron chi connectivity index (χ2n) is 11.4. The van der Waals surface area contributed by atoms with Crippen LogP contribution in [0, 0.1) is 17.2 Å². The molecule has 2 saturated carbocycles. The fourth-order valence-electron chi connectivity index (χ4n) is 4.81. The van der Waals surface area contributed by atoms with Crippen molar-refractivity contribution in [1.82, 2.24) is 20.6 Å². The van der Waals surface area contributed by atoms with Crippen LogP contribution in [0.4, 0.5) is 10.5 Å². The summed E-state index contributed by atoms with van der Waals surface area (Å²) in [6.45, 7) is 9.46. The van der Waals surface area contributed by atoms with E-state index in [9.17, 15) is 4.79 Å². The third-order valence-corrected chi connectivity index (χ3v) is 7.09. The van der Waals surface area contributed by atoms with Crippen molar-refractivity contribution in [3.05, 3.63) is 36.3 Å². The Labute approximate surface area is 218 Å². The maximum absolute atomic E-state index is 11.9. The SMILES string of the molecule is CC(C)(C)OC(=O)NCC1CC(N/C=C(\C(=N)C2CC2)c2cnc3cc(N4CCOCC4)ccc3n2)C1. The van der Waals surface area contributed by atoms with Gasteiger partial charge >= 0.3 is 6.09 Å². The van der Waals surface area contributed by atoms with Gasteiger partial charge in [-0.2, -0.15) is 0 Å². The molecule has 1 aromatic heterocycles. The van der Waals surface area contributed by atoms with E-state index in [-0.39, 0.29) is 6.09 Å². The second-order valence-corrected chi connectivity index (χ2v) is 11.4. The van der Waals surface area contributed by atoms with Gasteiger partial charge in [-0.25, -0.2) is 9.78 Å². The van der Waals surface area contributed by atoms with Crippen molar-refractivity contribution in [2.75, 3.05) is 37.7 Å². The maximum atomic E-state index is 11.9. The zero-order valence-corrected chi connectivity index (χ0v) is 22.0. The van der Waals surface area contributed by atoms with Crippen molar-refractivity contribution >= 4 is 34.1 Å². The Morgan fingerprint density at radius 3 is 2.68 bits per heavy atom. The van der Waals surface area contributed by atoms with E-state index in [2.05, 4.69) is 27.7 Å². The number of fused-ring (bicyclic) bond motifs is 1. The number of rotatable bonds is 8. The van der Waals surface area contributed by atoms with Crippen LogP contribution in [-0.2, 0) is 9.47 Å². The largest absolute Gasteiger partial charge is 0.444 e. The van der Waals surface area contributed by atoms with Gasteiger partial charge in [-0.15, -0.1) is 0 Å². The molecular weight excluding hydrogens is 468 g/mol. The summed E-state index contributed by atoms with van der Waals surface area (Å²) in [6, 6.07) is 6.53. The van der Waals surface area contributed by atoms with Crippen LogP contribution in [0.25, 0.3) is 16.6 Å². The number of morpholine rings is 1. The Kier molecular flexibility index (Phi) is 7.33. The summed E-state index contributed by atoms with van der Waals surface area (Å²) in [7, 11) is 0. The zero-order valence-electron chi connectivity index (χ0n) is 22.0. The first kappa shape index (κ1) is 25.4. The molecular formula is C28H38N6O3. The number of carbonyl (C=O) groups excluding carboxylic acids is 1. The molecule has 1 saturated heterocycles.